The molecule has 1 unspecified atom stereocenters. The average Bonchev–Trinajstić information content (AvgIpc) is 2.72. The summed E-state index contributed by atoms with van der Waals surface area (Å²) in [5.74, 6) is 2.59. The van der Waals surface area contributed by atoms with Gasteiger partial charge in [-0.25, -0.2) is 0 Å². The molecule has 4 heteroatoms. The highest BCUT2D eigenvalue weighted by Gasteiger charge is 2.31. The van der Waals surface area contributed by atoms with Gasteiger partial charge in [0.15, 0.2) is 0 Å². The van der Waals surface area contributed by atoms with Crippen molar-refractivity contribution in [3.63, 3.8) is 0 Å². The molecule has 0 aromatic heterocycles. The van der Waals surface area contributed by atoms with E-state index in [0.29, 0.717) is 6.54 Å². The number of β-amino-alcohol motifs (C(OH)–C–C–N with tert-alkyl or cyclic N) is 1. The maximum atomic E-state index is 11.8. The van der Waals surface area contributed by atoms with Crippen LogP contribution in [0, 0.1) is 5.92 Å². The number of rotatable bonds is 1. The monoisotopic (exact) mass is 201 g/mol. The molecule has 2 aliphatic rings. The molecular weight excluding hydrogens is 186 g/mol. The number of hydrogen-bond donors (Lipinski definition) is 1. The molecule has 0 spiro atoms. The van der Waals surface area contributed by atoms with Crippen LogP contribution in [0.1, 0.15) is 12.8 Å². The van der Waals surface area contributed by atoms with Gasteiger partial charge in [0.1, 0.15) is 0 Å². The first kappa shape index (κ1) is 9.34. The molecule has 1 amide bonds. The molecule has 2 heterocycles. The number of aliphatic hydroxyl groups excluding tert-OH is 1. The fourth-order valence-corrected chi connectivity index (χ4v) is 3.14. The van der Waals surface area contributed by atoms with Crippen LogP contribution in [0.15, 0.2) is 0 Å². The third kappa shape index (κ3) is 1.99. The van der Waals surface area contributed by atoms with E-state index in [1.807, 2.05) is 16.7 Å². The van der Waals surface area contributed by atoms with Crippen molar-refractivity contribution in [3.05, 3.63) is 0 Å². The summed E-state index contributed by atoms with van der Waals surface area (Å²) in [5, 5.41) is 9.29. The predicted molar refractivity (Wildman–Crippen MR) is 52.6 cm³/mol. The lowest BCUT2D eigenvalue weighted by Gasteiger charge is -2.19. The SMILES string of the molecule is O=C(C1CCSC1)N1CC[C@@H](O)C1. The molecule has 13 heavy (non-hydrogen) atoms. The Labute approximate surface area is 82.5 Å². The van der Waals surface area contributed by atoms with E-state index in [9.17, 15) is 9.90 Å². The lowest BCUT2D eigenvalue weighted by molar-refractivity contribution is -0.134. The highest BCUT2D eigenvalue weighted by Crippen LogP contribution is 2.26. The van der Waals surface area contributed by atoms with Crippen LogP contribution in [0.4, 0.5) is 0 Å². The Hall–Kier alpha value is -0.220. The molecular formula is C9H15NO2S. The summed E-state index contributed by atoms with van der Waals surface area (Å²) in [7, 11) is 0. The zero-order valence-electron chi connectivity index (χ0n) is 7.61. The van der Waals surface area contributed by atoms with Crippen LogP contribution >= 0.6 is 11.8 Å². The van der Waals surface area contributed by atoms with E-state index < -0.39 is 0 Å². The highest BCUT2D eigenvalue weighted by molar-refractivity contribution is 7.99. The Kier molecular flexibility index (Phi) is 2.79. The number of aliphatic hydroxyl groups is 1. The number of hydrogen-bond acceptors (Lipinski definition) is 3. The molecule has 2 atom stereocenters. The van der Waals surface area contributed by atoms with Gasteiger partial charge in [-0.05, 0) is 18.6 Å². The standard InChI is InChI=1S/C9H15NO2S/c11-8-1-3-10(5-8)9(12)7-2-4-13-6-7/h7-8,11H,1-6H2/t7?,8-/m1/s1. The lowest BCUT2D eigenvalue weighted by atomic mass is 10.1. The molecule has 2 aliphatic heterocycles. The number of likely N-dealkylation sites (tertiary alicyclic amines) is 1. The first-order valence-electron chi connectivity index (χ1n) is 4.82. The van der Waals surface area contributed by atoms with Crippen molar-refractivity contribution in [1.29, 1.82) is 0 Å². The fraction of sp³-hybridized carbons (Fsp3) is 0.889. The maximum absolute atomic E-state index is 11.8. The second-order valence-electron chi connectivity index (χ2n) is 3.79. The molecule has 0 aromatic rings. The van der Waals surface area contributed by atoms with Crippen molar-refractivity contribution in [3.8, 4) is 0 Å². The van der Waals surface area contributed by atoms with Crippen LogP contribution in [0.5, 0.6) is 0 Å². The van der Waals surface area contributed by atoms with Crippen molar-refractivity contribution in [2.45, 2.75) is 18.9 Å². The molecule has 3 nitrogen and oxygen atoms in total. The van der Waals surface area contributed by atoms with E-state index >= 15 is 0 Å². The van der Waals surface area contributed by atoms with Crippen LogP contribution < -0.4 is 0 Å². The minimum absolute atomic E-state index is 0.232. The Morgan fingerprint density at radius 2 is 2.31 bits per heavy atom. The molecule has 1 N–H and O–H groups in total. The van der Waals surface area contributed by atoms with Crippen molar-refractivity contribution in [2.24, 2.45) is 5.92 Å². The number of carbonyl (C=O) groups excluding carboxylic acids is 1. The fourth-order valence-electron chi connectivity index (χ4n) is 1.93. The van der Waals surface area contributed by atoms with Gasteiger partial charge in [0.2, 0.25) is 5.91 Å². The van der Waals surface area contributed by atoms with Crippen LogP contribution in [-0.2, 0) is 4.79 Å². The van der Waals surface area contributed by atoms with Crippen molar-refractivity contribution in [1.82, 2.24) is 4.90 Å². The van der Waals surface area contributed by atoms with Crippen LogP contribution in [-0.4, -0.2) is 46.6 Å². The van der Waals surface area contributed by atoms with Crippen molar-refractivity contribution in [2.75, 3.05) is 24.6 Å². The van der Waals surface area contributed by atoms with Gasteiger partial charge in [-0.15, -0.1) is 0 Å². The molecule has 74 valence electrons. The minimum atomic E-state index is -0.280. The number of thioether (sulfide) groups is 1. The van der Waals surface area contributed by atoms with Gasteiger partial charge in [-0.1, -0.05) is 0 Å². The average molecular weight is 201 g/mol. The zero-order chi connectivity index (χ0) is 9.26. The van der Waals surface area contributed by atoms with Gasteiger partial charge in [0.25, 0.3) is 0 Å². The molecule has 0 radical (unpaired) electrons. The van der Waals surface area contributed by atoms with Gasteiger partial charge in [-0.3, -0.25) is 4.79 Å². The van der Waals surface area contributed by atoms with E-state index in [1.165, 1.54) is 0 Å². The Morgan fingerprint density at radius 3 is 2.85 bits per heavy atom. The summed E-state index contributed by atoms with van der Waals surface area (Å²) in [5.41, 5.74) is 0. The van der Waals surface area contributed by atoms with Gasteiger partial charge >= 0.3 is 0 Å². The molecule has 0 saturated carbocycles. The zero-order valence-corrected chi connectivity index (χ0v) is 8.42. The smallest absolute Gasteiger partial charge is 0.226 e. The van der Waals surface area contributed by atoms with Gasteiger partial charge in [0.05, 0.1) is 6.10 Å². The summed E-state index contributed by atoms with van der Waals surface area (Å²) in [4.78, 5) is 13.6. The minimum Gasteiger partial charge on any atom is -0.391 e. The number of amides is 1. The maximum Gasteiger partial charge on any atom is 0.226 e. The first-order chi connectivity index (χ1) is 6.27. The van der Waals surface area contributed by atoms with Crippen molar-refractivity contribution < 1.29 is 9.90 Å². The van der Waals surface area contributed by atoms with Gasteiger partial charge < -0.3 is 10.0 Å². The summed E-state index contributed by atoms with van der Waals surface area (Å²) in [6.07, 6.45) is 1.50. The van der Waals surface area contributed by atoms with E-state index in [2.05, 4.69) is 0 Å². The summed E-state index contributed by atoms with van der Waals surface area (Å²) in [6, 6.07) is 0. The largest absolute Gasteiger partial charge is 0.391 e. The second kappa shape index (κ2) is 3.88. The van der Waals surface area contributed by atoms with Crippen LogP contribution in [0.3, 0.4) is 0 Å². The molecule has 0 bridgehead atoms. The summed E-state index contributed by atoms with van der Waals surface area (Å²) < 4.78 is 0. The Balaban J connectivity index is 1.89. The molecule has 2 saturated heterocycles. The van der Waals surface area contributed by atoms with E-state index in [4.69, 9.17) is 0 Å². The van der Waals surface area contributed by atoms with E-state index in [-0.39, 0.29) is 17.9 Å². The first-order valence-corrected chi connectivity index (χ1v) is 5.97. The number of nitrogens with zero attached hydrogens (tertiary/aromatic N) is 1. The van der Waals surface area contributed by atoms with Gasteiger partial charge in [-0.2, -0.15) is 11.8 Å². The van der Waals surface area contributed by atoms with E-state index in [0.717, 1.165) is 30.9 Å². The predicted octanol–water partition coefficient (Wildman–Crippen LogP) is 0.333. The Bertz CT molecular complexity index is 204. The molecule has 0 aromatic carbocycles. The molecule has 2 fully saturated rings. The van der Waals surface area contributed by atoms with Gasteiger partial charge in [0, 0.05) is 24.8 Å². The topological polar surface area (TPSA) is 40.5 Å². The van der Waals surface area contributed by atoms with Crippen LogP contribution in [0.25, 0.3) is 0 Å². The highest BCUT2D eigenvalue weighted by atomic mass is 32.2. The van der Waals surface area contributed by atoms with Crippen LogP contribution in [0.2, 0.25) is 0 Å². The lowest BCUT2D eigenvalue weighted by Crippen LogP contribution is -2.35. The quantitative estimate of drug-likeness (QED) is 0.665. The Morgan fingerprint density at radius 1 is 1.46 bits per heavy atom. The van der Waals surface area contributed by atoms with Crippen molar-refractivity contribution >= 4 is 17.7 Å². The third-order valence-corrected chi connectivity index (χ3v) is 3.92. The molecule has 0 aliphatic carbocycles. The molecule has 2 rings (SSSR count). The summed E-state index contributed by atoms with van der Waals surface area (Å²) >= 11 is 1.86. The number of carbonyl (C=O) groups is 1. The normalized spacial score (nSPS) is 34.1. The summed E-state index contributed by atoms with van der Waals surface area (Å²) in [6.45, 7) is 1.31. The van der Waals surface area contributed by atoms with E-state index in [1.54, 1.807) is 0 Å². The third-order valence-electron chi connectivity index (χ3n) is 2.75. The second-order valence-corrected chi connectivity index (χ2v) is 4.94.